The number of hydrogen-bond acceptors (Lipinski definition) is 7. The maximum absolute atomic E-state index is 14.1. The first-order valence-corrected chi connectivity index (χ1v) is 12.3. The van der Waals surface area contributed by atoms with Gasteiger partial charge in [0.2, 0.25) is 0 Å². The van der Waals surface area contributed by atoms with Gasteiger partial charge in [-0.1, -0.05) is 11.2 Å². The summed E-state index contributed by atoms with van der Waals surface area (Å²) in [7, 11) is 0. The molecule has 196 valence electrons. The van der Waals surface area contributed by atoms with E-state index in [2.05, 4.69) is 20.7 Å². The molecule has 0 aliphatic carbocycles. The van der Waals surface area contributed by atoms with Crippen LogP contribution in [0.5, 0.6) is 0 Å². The largest absolute Gasteiger partial charge is 0.435 e. The van der Waals surface area contributed by atoms with E-state index in [0.29, 0.717) is 30.9 Å². The van der Waals surface area contributed by atoms with Gasteiger partial charge in [-0.3, -0.25) is 14.5 Å². The van der Waals surface area contributed by atoms with Gasteiger partial charge < -0.3 is 4.84 Å². The average Bonchev–Trinajstić information content (AvgIpc) is 3.59. The summed E-state index contributed by atoms with van der Waals surface area (Å²) >= 11 is 1.41. The summed E-state index contributed by atoms with van der Waals surface area (Å²) < 4.78 is 67.8. The van der Waals surface area contributed by atoms with E-state index < -0.39 is 35.5 Å². The van der Waals surface area contributed by atoms with Crippen LogP contribution in [0.1, 0.15) is 52.5 Å². The fraction of sp³-hybridized carbons (Fsp3) is 0.391. The van der Waals surface area contributed by atoms with Crippen molar-refractivity contribution in [3.63, 3.8) is 0 Å². The third-order valence-corrected chi connectivity index (χ3v) is 7.25. The molecule has 0 spiro atoms. The Bertz CT molecular complexity index is 1330. The second kappa shape index (κ2) is 9.82. The monoisotopic (exact) mass is 540 g/mol. The van der Waals surface area contributed by atoms with Crippen LogP contribution in [0.25, 0.3) is 0 Å². The second-order valence-electron chi connectivity index (χ2n) is 8.76. The zero-order valence-corrected chi connectivity index (χ0v) is 20.2. The number of nitrogens with zero attached hydrogens (tertiary/aromatic N) is 5. The molecule has 1 fully saturated rings. The molecule has 2 aromatic heterocycles. The molecular weight excluding hydrogens is 519 g/mol. The van der Waals surface area contributed by atoms with Crippen LogP contribution < -0.4 is 5.43 Å². The summed E-state index contributed by atoms with van der Waals surface area (Å²) in [6.07, 6.45) is -4.69. The Kier molecular flexibility index (Phi) is 6.70. The van der Waals surface area contributed by atoms with Crippen molar-refractivity contribution in [3.05, 3.63) is 68.9 Å². The molecule has 0 saturated carbocycles. The van der Waals surface area contributed by atoms with Crippen molar-refractivity contribution in [2.75, 3.05) is 13.1 Å². The number of aromatic nitrogens is 3. The third kappa shape index (κ3) is 5.21. The van der Waals surface area contributed by atoms with Crippen LogP contribution >= 0.6 is 11.3 Å². The number of oxime groups is 1. The van der Waals surface area contributed by atoms with Crippen LogP contribution in [0.4, 0.5) is 22.0 Å². The quantitative estimate of drug-likeness (QED) is 0.487. The van der Waals surface area contributed by atoms with Crippen LogP contribution in [0.2, 0.25) is 0 Å². The molecule has 1 N–H and O–H groups in total. The fourth-order valence-electron chi connectivity index (χ4n) is 4.24. The molecule has 1 saturated heterocycles. The molecule has 37 heavy (non-hydrogen) atoms. The van der Waals surface area contributed by atoms with Gasteiger partial charge in [-0.25, -0.2) is 19.2 Å². The molecule has 5 rings (SSSR count). The van der Waals surface area contributed by atoms with E-state index in [-0.39, 0.29) is 30.1 Å². The SMILES string of the molecule is Cc1cc(C(F)(F)F)nn1CC(=O)N1CCC(c2nc(C3=NOC(c4c(F)cccc4F)C3)cs2)CN1. The number of hydrogen-bond donors (Lipinski definition) is 1. The van der Waals surface area contributed by atoms with Gasteiger partial charge in [0.1, 0.15) is 23.9 Å². The van der Waals surface area contributed by atoms with E-state index >= 15 is 0 Å². The highest BCUT2D eigenvalue weighted by atomic mass is 32.1. The molecule has 2 unspecified atom stereocenters. The number of aryl methyl sites for hydroxylation is 1. The van der Waals surface area contributed by atoms with Crippen molar-refractivity contribution in [1.82, 2.24) is 25.2 Å². The van der Waals surface area contributed by atoms with Crippen molar-refractivity contribution in [2.45, 2.75) is 44.5 Å². The standard InChI is InChI=1S/C23H21F5N6O2S/c1-12-7-19(23(26,27)28)31-34(12)10-20(35)33-6-5-13(9-29-33)22-30-17(11-37-22)16-8-18(36-32-16)21-14(24)3-2-4-15(21)25/h2-4,7,11,13,18,29H,5-6,8-10H2,1H3. The minimum Gasteiger partial charge on any atom is -0.387 e. The second-order valence-corrected chi connectivity index (χ2v) is 9.65. The van der Waals surface area contributed by atoms with Crippen LogP contribution in [-0.4, -0.2) is 44.5 Å². The number of carbonyl (C=O) groups is 1. The summed E-state index contributed by atoms with van der Waals surface area (Å²) in [5, 5.41) is 11.5. The topological polar surface area (TPSA) is 84.6 Å². The van der Waals surface area contributed by atoms with E-state index in [4.69, 9.17) is 4.84 Å². The van der Waals surface area contributed by atoms with E-state index in [1.54, 1.807) is 5.38 Å². The van der Waals surface area contributed by atoms with Crippen molar-refractivity contribution < 1.29 is 31.6 Å². The highest BCUT2D eigenvalue weighted by Gasteiger charge is 2.35. The molecular formula is C23H21F5N6O2S. The highest BCUT2D eigenvalue weighted by Crippen LogP contribution is 2.34. The Morgan fingerprint density at radius 1 is 1.27 bits per heavy atom. The molecule has 2 atom stereocenters. The van der Waals surface area contributed by atoms with Crippen molar-refractivity contribution in [3.8, 4) is 0 Å². The number of rotatable bonds is 5. The van der Waals surface area contributed by atoms with Crippen LogP contribution in [0, 0.1) is 18.6 Å². The minimum atomic E-state index is -4.58. The van der Waals surface area contributed by atoms with E-state index in [1.165, 1.54) is 41.5 Å². The average molecular weight is 541 g/mol. The number of hydrazine groups is 1. The zero-order chi connectivity index (χ0) is 26.3. The Morgan fingerprint density at radius 2 is 2.03 bits per heavy atom. The lowest BCUT2D eigenvalue weighted by atomic mass is 10.0. The number of thiazole rings is 1. The molecule has 8 nitrogen and oxygen atoms in total. The van der Waals surface area contributed by atoms with E-state index in [9.17, 15) is 26.7 Å². The summed E-state index contributed by atoms with van der Waals surface area (Å²) in [5.74, 6) is -1.80. The van der Waals surface area contributed by atoms with Crippen LogP contribution in [0.3, 0.4) is 0 Å². The first kappa shape index (κ1) is 25.3. The maximum atomic E-state index is 14.1. The summed E-state index contributed by atoms with van der Waals surface area (Å²) in [6, 6.07) is 4.52. The predicted molar refractivity (Wildman–Crippen MR) is 122 cm³/mol. The van der Waals surface area contributed by atoms with E-state index in [0.717, 1.165) is 15.8 Å². The maximum Gasteiger partial charge on any atom is 0.435 e. The molecule has 1 amide bonds. The van der Waals surface area contributed by atoms with Gasteiger partial charge in [0.15, 0.2) is 11.8 Å². The number of benzene rings is 1. The fourth-order valence-corrected chi connectivity index (χ4v) is 5.21. The van der Waals surface area contributed by atoms with Crippen molar-refractivity contribution >= 4 is 23.0 Å². The predicted octanol–water partition coefficient (Wildman–Crippen LogP) is 4.33. The molecule has 0 bridgehead atoms. The normalized spacial score (nSPS) is 20.2. The Balaban J connectivity index is 1.17. The molecule has 14 heteroatoms. The molecule has 1 aromatic carbocycles. The number of alkyl halides is 3. The van der Waals surface area contributed by atoms with Crippen molar-refractivity contribution in [1.29, 1.82) is 0 Å². The Hall–Kier alpha value is -3.39. The Labute approximate surface area is 211 Å². The van der Waals surface area contributed by atoms with E-state index in [1.807, 2.05) is 0 Å². The first-order valence-electron chi connectivity index (χ1n) is 11.4. The summed E-state index contributed by atoms with van der Waals surface area (Å²) in [6.45, 7) is 1.88. The van der Waals surface area contributed by atoms with Gasteiger partial charge in [0, 0.05) is 36.5 Å². The lowest BCUT2D eigenvalue weighted by Crippen LogP contribution is -2.50. The van der Waals surface area contributed by atoms with Gasteiger partial charge >= 0.3 is 6.18 Å². The highest BCUT2D eigenvalue weighted by molar-refractivity contribution is 7.10. The van der Waals surface area contributed by atoms with Crippen LogP contribution in [0.15, 0.2) is 34.8 Å². The number of carbonyl (C=O) groups excluding carboxylic acids is 1. The lowest BCUT2D eigenvalue weighted by Gasteiger charge is -2.32. The Morgan fingerprint density at radius 3 is 2.68 bits per heavy atom. The molecule has 0 radical (unpaired) electrons. The van der Waals surface area contributed by atoms with Gasteiger partial charge in [0.05, 0.1) is 16.3 Å². The third-order valence-electron chi connectivity index (χ3n) is 6.24. The van der Waals surface area contributed by atoms with Gasteiger partial charge in [-0.05, 0) is 31.5 Å². The minimum absolute atomic E-state index is 0.00574. The van der Waals surface area contributed by atoms with Crippen LogP contribution in [-0.2, 0) is 22.4 Å². The number of nitrogens with one attached hydrogen (secondary N) is 1. The molecule has 2 aliphatic heterocycles. The van der Waals surface area contributed by atoms with Gasteiger partial charge in [-0.2, -0.15) is 18.3 Å². The number of halogens is 5. The van der Waals surface area contributed by atoms with Gasteiger partial charge in [-0.15, -0.1) is 11.3 Å². The smallest absolute Gasteiger partial charge is 0.387 e. The summed E-state index contributed by atoms with van der Waals surface area (Å²) in [4.78, 5) is 22.5. The summed E-state index contributed by atoms with van der Waals surface area (Å²) in [5.41, 5.74) is 3.10. The number of amides is 1. The lowest BCUT2D eigenvalue weighted by molar-refractivity contribution is -0.142. The van der Waals surface area contributed by atoms with Crippen molar-refractivity contribution in [2.24, 2.45) is 5.16 Å². The molecule has 2 aliphatic rings. The van der Waals surface area contributed by atoms with Gasteiger partial charge in [0.25, 0.3) is 5.91 Å². The zero-order valence-electron chi connectivity index (χ0n) is 19.4. The first-order chi connectivity index (χ1) is 17.6. The molecule has 4 heterocycles. The molecule has 3 aromatic rings.